The molecule has 0 saturated heterocycles. The molecule has 1 N–H and O–H groups in total. The second-order valence-electron chi connectivity index (χ2n) is 5.20. The molecule has 2 heterocycles. The number of nitrogens with zero attached hydrogens (tertiary/aromatic N) is 3. The van der Waals surface area contributed by atoms with Crippen LogP contribution in [-0.2, 0) is 11.9 Å². The van der Waals surface area contributed by atoms with Crippen molar-refractivity contribution >= 4 is 33.8 Å². The Balaban J connectivity index is 1.76. The van der Waals surface area contributed by atoms with Gasteiger partial charge in [-0.1, -0.05) is 16.6 Å². The van der Waals surface area contributed by atoms with Gasteiger partial charge in [0.25, 0.3) is 5.91 Å². The van der Waals surface area contributed by atoms with Crippen LogP contribution in [0.5, 0.6) is 0 Å². The molecule has 0 aliphatic rings. The molecule has 0 saturated carbocycles. The number of anilines is 1. The Morgan fingerprint density at radius 2 is 2.16 bits per heavy atom. The quantitative estimate of drug-likeness (QED) is 0.680. The van der Waals surface area contributed by atoms with E-state index in [2.05, 4.69) is 19.3 Å². The average Bonchev–Trinajstić information content (AvgIpc) is 3.17. The van der Waals surface area contributed by atoms with Crippen LogP contribution in [0.25, 0.3) is 0 Å². The number of benzene rings is 1. The Hall–Kier alpha value is -2.33. The predicted octanol–water partition coefficient (Wildman–Crippen LogP) is 4.31. The molecule has 2 aromatic heterocycles. The maximum atomic E-state index is 12.8. The van der Waals surface area contributed by atoms with Gasteiger partial charge >= 0.3 is 6.18 Å². The van der Waals surface area contributed by atoms with Gasteiger partial charge in [0.15, 0.2) is 16.8 Å². The van der Waals surface area contributed by atoms with Gasteiger partial charge in [0.2, 0.25) is 0 Å². The first-order chi connectivity index (χ1) is 11.8. The maximum absolute atomic E-state index is 12.8. The van der Waals surface area contributed by atoms with E-state index >= 15 is 0 Å². The monoisotopic (exact) mass is 385 g/mol. The molecular weight excluding hydrogens is 373 g/mol. The number of hydrogen-bond acceptors (Lipinski definition) is 5. The zero-order valence-corrected chi connectivity index (χ0v) is 14.5. The molecule has 1 amide bonds. The number of aryl methyl sites for hydroxylation is 1. The van der Waals surface area contributed by atoms with E-state index in [1.165, 1.54) is 11.4 Å². The van der Waals surface area contributed by atoms with E-state index < -0.39 is 22.4 Å². The summed E-state index contributed by atoms with van der Waals surface area (Å²) in [6.45, 7) is 1.74. The molecule has 0 spiro atoms. The van der Waals surface area contributed by atoms with Crippen molar-refractivity contribution in [1.29, 1.82) is 0 Å². The average molecular weight is 385 g/mol. The third-order valence-corrected chi connectivity index (χ3v) is 5.46. The predicted molar refractivity (Wildman–Crippen MR) is 89.9 cm³/mol. The van der Waals surface area contributed by atoms with Crippen molar-refractivity contribution in [3.05, 3.63) is 57.5 Å². The lowest BCUT2D eigenvalue weighted by atomic mass is 10.1. The summed E-state index contributed by atoms with van der Waals surface area (Å²) >= 11 is 1.07. The molecule has 5 nitrogen and oxygen atoms in total. The normalized spacial score (nSPS) is 12.2. The minimum absolute atomic E-state index is 0.211. The molecule has 1 atom stereocenters. The number of halogens is 3. The fourth-order valence-electron chi connectivity index (χ4n) is 2.12. The highest BCUT2D eigenvalue weighted by molar-refractivity contribution is 7.24. The standard InChI is InChI=1S/C15H11F3N4OS2/c1-9-13(19-14(23)12-6-24-22-20-12)8-25(21-9)7-10-3-2-4-11(5-10)15(16,17)18/h2-6,8H,7H2,1H3/p+1. The van der Waals surface area contributed by atoms with E-state index in [1.807, 2.05) is 0 Å². The number of hydrogen-bond donors (Lipinski definition) is 1. The smallest absolute Gasteiger partial charge is 0.315 e. The summed E-state index contributed by atoms with van der Waals surface area (Å²) in [4.78, 5) is 12.0. The number of rotatable bonds is 4. The number of nitrogens with one attached hydrogen (secondary N) is 1. The molecule has 0 bridgehead atoms. The zero-order chi connectivity index (χ0) is 18.0. The van der Waals surface area contributed by atoms with Crippen molar-refractivity contribution < 1.29 is 18.0 Å². The lowest BCUT2D eigenvalue weighted by molar-refractivity contribution is -0.137. The van der Waals surface area contributed by atoms with Crippen LogP contribution >= 0.6 is 22.2 Å². The van der Waals surface area contributed by atoms with Crippen molar-refractivity contribution in [2.24, 2.45) is 0 Å². The Morgan fingerprint density at radius 1 is 1.36 bits per heavy atom. The van der Waals surface area contributed by atoms with E-state index in [9.17, 15) is 18.0 Å². The van der Waals surface area contributed by atoms with E-state index in [-0.39, 0.29) is 11.6 Å². The van der Waals surface area contributed by atoms with Gasteiger partial charge < -0.3 is 5.32 Å². The molecule has 3 rings (SSSR count). The molecule has 0 aliphatic heterocycles. The van der Waals surface area contributed by atoms with Crippen molar-refractivity contribution in [1.82, 2.24) is 14.0 Å². The summed E-state index contributed by atoms with van der Waals surface area (Å²) in [5.74, 6) is -0.0436. The fraction of sp³-hybridized carbons (Fsp3) is 0.200. The molecule has 130 valence electrons. The van der Waals surface area contributed by atoms with Crippen molar-refractivity contribution in [3.63, 3.8) is 0 Å². The Labute approximate surface area is 147 Å². The molecule has 0 fully saturated rings. The van der Waals surface area contributed by atoms with Crippen molar-refractivity contribution in [2.45, 2.75) is 18.9 Å². The second-order valence-corrected chi connectivity index (χ2v) is 7.32. The minimum Gasteiger partial charge on any atom is -0.315 e. The maximum Gasteiger partial charge on any atom is 0.416 e. The van der Waals surface area contributed by atoms with Crippen molar-refractivity contribution in [3.8, 4) is 0 Å². The highest BCUT2D eigenvalue weighted by atomic mass is 32.2. The van der Waals surface area contributed by atoms with E-state index in [1.54, 1.807) is 18.4 Å². The lowest BCUT2D eigenvalue weighted by Crippen LogP contribution is -2.12. The lowest BCUT2D eigenvalue weighted by Gasteiger charge is -2.06. The summed E-state index contributed by atoms with van der Waals surface area (Å²) in [5, 5.41) is 9.68. The SMILES string of the molecule is Cc1n[s+](Cc2cccc(C(F)(F)F)c2)cc1NC(=O)c1csnn1. The number of carbonyl (C=O) groups is 1. The number of aromatic nitrogens is 3. The van der Waals surface area contributed by atoms with Crippen LogP contribution in [0.3, 0.4) is 0 Å². The van der Waals surface area contributed by atoms with Crippen LogP contribution in [-0.4, -0.2) is 19.9 Å². The molecule has 1 unspecified atom stereocenters. The van der Waals surface area contributed by atoms with Crippen LogP contribution in [0.4, 0.5) is 18.9 Å². The summed E-state index contributed by atoms with van der Waals surface area (Å²) < 4.78 is 46.4. The van der Waals surface area contributed by atoms with Gasteiger partial charge in [-0.3, -0.25) is 4.79 Å². The van der Waals surface area contributed by atoms with Crippen LogP contribution in [0.1, 0.15) is 27.3 Å². The van der Waals surface area contributed by atoms with Gasteiger partial charge in [-0.05, 0) is 35.0 Å². The fourth-order valence-corrected chi connectivity index (χ4v) is 4.23. The molecule has 10 heteroatoms. The van der Waals surface area contributed by atoms with Crippen LogP contribution in [0.2, 0.25) is 0 Å². The molecule has 25 heavy (non-hydrogen) atoms. The summed E-state index contributed by atoms with van der Waals surface area (Å²) in [6, 6.07) is 5.19. The first kappa shape index (κ1) is 17.5. The third-order valence-electron chi connectivity index (χ3n) is 3.31. The first-order valence-corrected chi connectivity index (χ1v) is 9.30. The Bertz CT molecular complexity index is 891. The highest BCUT2D eigenvalue weighted by Gasteiger charge is 2.30. The molecule has 0 aliphatic carbocycles. The van der Waals surface area contributed by atoms with Gasteiger partial charge in [-0.15, -0.1) is 5.10 Å². The highest BCUT2D eigenvalue weighted by Crippen LogP contribution is 2.32. The number of carbonyl (C=O) groups excluding carboxylic acids is 1. The second kappa shape index (κ2) is 6.89. The molecule has 1 aromatic carbocycles. The van der Waals surface area contributed by atoms with Crippen molar-refractivity contribution in [2.75, 3.05) is 5.32 Å². The topological polar surface area (TPSA) is 67.8 Å². The zero-order valence-electron chi connectivity index (χ0n) is 12.9. The molecular formula is C15H12F3N4OS2+. The van der Waals surface area contributed by atoms with Gasteiger partial charge in [-0.2, -0.15) is 13.2 Å². The van der Waals surface area contributed by atoms with E-state index in [4.69, 9.17) is 0 Å². The van der Waals surface area contributed by atoms with E-state index in [0.717, 1.165) is 23.7 Å². The van der Waals surface area contributed by atoms with Gasteiger partial charge in [0, 0.05) is 10.9 Å². The Kier molecular flexibility index (Phi) is 4.82. The van der Waals surface area contributed by atoms with Crippen LogP contribution < -0.4 is 5.32 Å². The number of alkyl halides is 3. The largest absolute Gasteiger partial charge is 0.416 e. The van der Waals surface area contributed by atoms with Gasteiger partial charge in [-0.25, -0.2) is 0 Å². The minimum atomic E-state index is -4.37. The van der Waals surface area contributed by atoms with E-state index in [0.29, 0.717) is 22.7 Å². The molecule has 0 radical (unpaired) electrons. The Morgan fingerprint density at radius 3 is 2.84 bits per heavy atom. The summed E-state index contributed by atoms with van der Waals surface area (Å²) in [7, 11) is -0.626. The van der Waals surface area contributed by atoms with Crippen LogP contribution in [0.15, 0.2) is 35.0 Å². The number of amides is 1. The summed E-state index contributed by atoms with van der Waals surface area (Å²) in [6.07, 6.45) is -4.37. The van der Waals surface area contributed by atoms with Crippen LogP contribution in [0, 0.1) is 6.92 Å². The van der Waals surface area contributed by atoms with Gasteiger partial charge in [0.1, 0.15) is 11.4 Å². The summed E-state index contributed by atoms with van der Waals surface area (Å²) in [5.41, 5.74) is 1.26. The first-order valence-electron chi connectivity index (χ1n) is 7.05. The third kappa shape index (κ3) is 4.20. The molecule has 3 aromatic rings. The van der Waals surface area contributed by atoms with Gasteiger partial charge in [0.05, 0.1) is 16.2 Å².